The number of nitrogens with zero attached hydrogens (tertiary/aromatic N) is 3. The summed E-state index contributed by atoms with van der Waals surface area (Å²) in [4.78, 5) is 33.9. The second-order valence-corrected chi connectivity index (χ2v) is 13.1. The number of hydrogen-bond donors (Lipinski definition) is 2. The fourth-order valence-electron chi connectivity index (χ4n) is 7.34. The molecule has 0 saturated carbocycles. The molecule has 2 aliphatic heterocycles. The molecule has 0 unspecified atom stereocenters. The van der Waals surface area contributed by atoms with Gasteiger partial charge in [-0.1, -0.05) is 54.6 Å². The van der Waals surface area contributed by atoms with Crippen molar-refractivity contribution in [3.63, 3.8) is 0 Å². The van der Waals surface area contributed by atoms with Crippen LogP contribution in [0.4, 0.5) is 23.2 Å². The molecule has 1 amide bonds. The van der Waals surface area contributed by atoms with Crippen molar-refractivity contribution in [3.8, 4) is 11.1 Å². The fraction of sp³-hybridized carbons (Fsp3) is 0.308. The number of ether oxygens (including phenoxy) is 1. The molecule has 0 radical (unpaired) electrons. The first-order valence-electron chi connectivity index (χ1n) is 16.9. The van der Waals surface area contributed by atoms with Gasteiger partial charge in [-0.25, -0.2) is 9.18 Å². The van der Waals surface area contributed by atoms with Gasteiger partial charge >= 0.3 is 12.1 Å². The van der Waals surface area contributed by atoms with Gasteiger partial charge in [0.1, 0.15) is 17.9 Å². The van der Waals surface area contributed by atoms with Crippen molar-refractivity contribution in [2.75, 3.05) is 37.7 Å². The lowest BCUT2D eigenvalue weighted by atomic mass is 9.91. The third kappa shape index (κ3) is 7.11. The first kappa shape index (κ1) is 34.4. The lowest BCUT2D eigenvalue weighted by Gasteiger charge is -2.38. The van der Waals surface area contributed by atoms with Gasteiger partial charge < -0.3 is 20.1 Å². The Kier molecular flexibility index (Phi) is 9.63. The molecule has 2 N–H and O–H groups in total. The number of likely N-dealkylation sites (tertiary alicyclic amines) is 1. The van der Waals surface area contributed by atoms with Gasteiger partial charge in [-0.2, -0.15) is 13.2 Å². The summed E-state index contributed by atoms with van der Waals surface area (Å²) in [6, 6.07) is 18.2. The molecule has 8 nitrogen and oxygen atoms in total. The predicted molar refractivity (Wildman–Crippen MR) is 186 cm³/mol. The molecule has 1 aromatic heterocycles. The van der Waals surface area contributed by atoms with Crippen molar-refractivity contribution in [1.29, 1.82) is 0 Å². The third-order valence-corrected chi connectivity index (χ3v) is 9.83. The fourth-order valence-corrected chi connectivity index (χ4v) is 7.34. The number of pyridine rings is 1. The molecule has 2 fully saturated rings. The van der Waals surface area contributed by atoms with Crippen LogP contribution in [0.1, 0.15) is 34.3 Å². The van der Waals surface area contributed by atoms with Crippen LogP contribution in [0.5, 0.6) is 0 Å². The Bertz CT molecular complexity index is 2090. The van der Waals surface area contributed by atoms with Crippen LogP contribution in [0.2, 0.25) is 0 Å². The van der Waals surface area contributed by atoms with Gasteiger partial charge in [0.25, 0.3) is 5.91 Å². The van der Waals surface area contributed by atoms with Crippen molar-refractivity contribution >= 4 is 39.1 Å². The number of rotatable bonds is 9. The number of aromatic nitrogens is 1. The summed E-state index contributed by atoms with van der Waals surface area (Å²) in [5.41, 5.74) is 2.38. The molecule has 0 bridgehead atoms. The summed E-state index contributed by atoms with van der Waals surface area (Å²) in [5, 5.41) is 16.5. The van der Waals surface area contributed by atoms with Crippen LogP contribution in [-0.2, 0) is 22.5 Å². The molecule has 51 heavy (non-hydrogen) atoms. The van der Waals surface area contributed by atoms with Crippen molar-refractivity contribution < 1.29 is 37.0 Å². The standard InChI is InChI=1S/C39H36F4N4O4/c40-33-20-27(47-16-17-51-23-35(47)39(41,42)43)18-26(22-46-14-1-2-15-46)36(33)37(48)45-34(38(49)50)19-25-7-4-9-29-28(25)8-5-11-30(29)31-10-3-6-24-12-13-44-21-32(24)31/h3-13,18,20-21,34-35H,1-2,14-17,19,22-23H2,(H,45,48)(H,49,50)/t34-,35+/m0/s1. The lowest BCUT2D eigenvalue weighted by molar-refractivity contribution is -0.167. The molecule has 0 spiro atoms. The Hall–Kier alpha value is -5.07. The molecular formula is C39H36F4N4O4. The molecular weight excluding hydrogens is 664 g/mol. The molecule has 12 heteroatoms. The van der Waals surface area contributed by atoms with Gasteiger partial charge in [0.05, 0.1) is 18.8 Å². The number of benzene rings is 4. The van der Waals surface area contributed by atoms with Crippen LogP contribution >= 0.6 is 0 Å². The lowest BCUT2D eigenvalue weighted by Crippen LogP contribution is -2.53. The molecule has 2 atom stereocenters. The van der Waals surface area contributed by atoms with E-state index in [9.17, 15) is 27.9 Å². The summed E-state index contributed by atoms with van der Waals surface area (Å²) < 4.78 is 62.9. The Morgan fingerprint density at radius 2 is 1.65 bits per heavy atom. The number of carboxylic acids is 1. The molecule has 2 aliphatic rings. The SMILES string of the molecule is O=C(N[C@@H](Cc1cccc2c(-c3cccc4ccncc34)cccc12)C(=O)O)c1c(F)cc(N2CCOC[C@@H]2C(F)(F)F)cc1CN1CCCC1. The van der Waals surface area contributed by atoms with Crippen LogP contribution in [0.25, 0.3) is 32.7 Å². The molecule has 4 aromatic carbocycles. The normalized spacial score (nSPS) is 17.6. The average Bonchev–Trinajstić information content (AvgIpc) is 3.63. The quantitative estimate of drug-likeness (QED) is 0.160. The number of carboxylic acid groups (broad SMARTS) is 1. The van der Waals surface area contributed by atoms with Crippen molar-refractivity contribution in [1.82, 2.24) is 15.2 Å². The predicted octanol–water partition coefficient (Wildman–Crippen LogP) is 6.98. The second-order valence-electron chi connectivity index (χ2n) is 13.1. The highest BCUT2D eigenvalue weighted by atomic mass is 19.4. The average molecular weight is 701 g/mol. The maximum atomic E-state index is 16.0. The molecule has 264 valence electrons. The van der Waals surface area contributed by atoms with E-state index in [0.717, 1.165) is 56.5 Å². The van der Waals surface area contributed by atoms with Gasteiger partial charge in [0, 0.05) is 43.0 Å². The van der Waals surface area contributed by atoms with Gasteiger partial charge in [0.15, 0.2) is 0 Å². The van der Waals surface area contributed by atoms with Gasteiger partial charge in [-0.15, -0.1) is 0 Å². The molecule has 7 rings (SSSR count). The number of halogens is 4. The van der Waals surface area contributed by atoms with Crippen molar-refractivity contribution in [2.45, 2.75) is 44.1 Å². The summed E-state index contributed by atoms with van der Waals surface area (Å²) in [6.07, 6.45) is 0.620. The number of fused-ring (bicyclic) bond motifs is 2. The van der Waals surface area contributed by atoms with Crippen LogP contribution in [0.3, 0.4) is 0 Å². The Labute approximate surface area is 291 Å². The van der Waals surface area contributed by atoms with E-state index < -0.39 is 42.6 Å². The summed E-state index contributed by atoms with van der Waals surface area (Å²) >= 11 is 0. The monoisotopic (exact) mass is 700 g/mol. The number of anilines is 1. The van der Waals surface area contributed by atoms with E-state index in [-0.39, 0.29) is 42.9 Å². The van der Waals surface area contributed by atoms with E-state index in [1.807, 2.05) is 65.7 Å². The van der Waals surface area contributed by atoms with Crippen LogP contribution in [0.15, 0.2) is 85.2 Å². The Balaban J connectivity index is 1.21. The zero-order chi connectivity index (χ0) is 35.7. The number of carbonyl (C=O) groups excluding carboxylic acids is 1. The number of hydrogen-bond acceptors (Lipinski definition) is 6. The molecule has 2 saturated heterocycles. The zero-order valence-corrected chi connectivity index (χ0v) is 27.6. The summed E-state index contributed by atoms with van der Waals surface area (Å²) in [6.45, 7) is 0.833. The molecule has 3 heterocycles. The Morgan fingerprint density at radius 3 is 2.41 bits per heavy atom. The number of nitrogens with one attached hydrogen (secondary N) is 1. The zero-order valence-electron chi connectivity index (χ0n) is 27.6. The van der Waals surface area contributed by atoms with Crippen molar-refractivity contribution in [3.05, 3.63) is 108 Å². The minimum Gasteiger partial charge on any atom is -0.480 e. The van der Waals surface area contributed by atoms with Crippen molar-refractivity contribution in [2.24, 2.45) is 0 Å². The maximum Gasteiger partial charge on any atom is 0.411 e. The minimum atomic E-state index is -4.62. The maximum absolute atomic E-state index is 16.0. The van der Waals surface area contributed by atoms with Crippen LogP contribution in [-0.4, -0.2) is 78.0 Å². The number of amides is 1. The first-order chi connectivity index (χ1) is 24.6. The summed E-state index contributed by atoms with van der Waals surface area (Å²) in [7, 11) is 0. The number of carbonyl (C=O) groups is 2. The molecule has 5 aromatic rings. The largest absolute Gasteiger partial charge is 0.480 e. The highest BCUT2D eigenvalue weighted by molar-refractivity contribution is 6.06. The smallest absolute Gasteiger partial charge is 0.411 e. The van der Waals surface area contributed by atoms with Crippen LogP contribution < -0.4 is 10.2 Å². The second kappa shape index (κ2) is 14.3. The van der Waals surface area contributed by atoms with Crippen LogP contribution in [0, 0.1) is 5.82 Å². The van der Waals surface area contributed by atoms with E-state index in [4.69, 9.17) is 4.74 Å². The number of alkyl halides is 3. The molecule has 0 aliphatic carbocycles. The summed E-state index contributed by atoms with van der Waals surface area (Å²) in [5.74, 6) is -3.27. The van der Waals surface area contributed by atoms with E-state index in [0.29, 0.717) is 18.7 Å². The van der Waals surface area contributed by atoms with Gasteiger partial charge in [0.2, 0.25) is 0 Å². The van der Waals surface area contributed by atoms with Gasteiger partial charge in [-0.3, -0.25) is 14.7 Å². The number of morpholine rings is 1. The number of aliphatic carboxylic acids is 1. The van der Waals surface area contributed by atoms with E-state index >= 15 is 4.39 Å². The van der Waals surface area contributed by atoms with E-state index in [1.54, 1.807) is 12.3 Å². The topological polar surface area (TPSA) is 95.0 Å². The highest BCUT2D eigenvalue weighted by Crippen LogP contribution is 2.36. The first-order valence-corrected chi connectivity index (χ1v) is 16.9. The third-order valence-electron chi connectivity index (χ3n) is 9.83. The Morgan fingerprint density at radius 1 is 0.922 bits per heavy atom. The van der Waals surface area contributed by atoms with E-state index in [2.05, 4.69) is 10.3 Å². The minimum absolute atomic E-state index is 0.00723. The van der Waals surface area contributed by atoms with E-state index in [1.165, 1.54) is 6.07 Å². The highest BCUT2D eigenvalue weighted by Gasteiger charge is 2.46. The van der Waals surface area contributed by atoms with Gasteiger partial charge in [-0.05, 0) is 82.5 Å².